The second-order valence-electron chi connectivity index (χ2n) is 5.74. The third-order valence-electron chi connectivity index (χ3n) is 3.98. The molecule has 0 bridgehead atoms. The number of carbonyl (C=O) groups excluding carboxylic acids is 1. The van der Waals surface area contributed by atoms with Crippen molar-refractivity contribution in [2.24, 2.45) is 5.73 Å². The molecule has 4 heteroatoms. The zero-order valence-electron chi connectivity index (χ0n) is 12.9. The molecule has 0 aliphatic heterocycles. The maximum atomic E-state index is 12.7. The molecule has 0 fully saturated rings. The number of pyridine rings is 1. The summed E-state index contributed by atoms with van der Waals surface area (Å²) in [6.45, 7) is 6.56. The molecular weight excluding hydrogens is 262 g/mol. The lowest BCUT2D eigenvalue weighted by Gasteiger charge is -2.29. The summed E-state index contributed by atoms with van der Waals surface area (Å²) >= 11 is 0. The minimum Gasteiger partial charge on any atom is -0.347 e. The van der Waals surface area contributed by atoms with Gasteiger partial charge in [0, 0.05) is 16.6 Å². The van der Waals surface area contributed by atoms with Crippen molar-refractivity contribution in [3.05, 3.63) is 41.6 Å². The number of nitrogens with one attached hydrogen (secondary N) is 1. The van der Waals surface area contributed by atoms with Crippen LogP contribution in [0.3, 0.4) is 0 Å². The van der Waals surface area contributed by atoms with Gasteiger partial charge in [-0.1, -0.05) is 25.1 Å². The summed E-state index contributed by atoms with van der Waals surface area (Å²) in [7, 11) is 0. The van der Waals surface area contributed by atoms with Crippen molar-refractivity contribution in [2.45, 2.75) is 39.2 Å². The number of benzene rings is 1. The molecular formula is C17H23N3O. The number of nitrogens with two attached hydrogens (primary N) is 1. The van der Waals surface area contributed by atoms with Crippen molar-refractivity contribution in [1.82, 2.24) is 10.3 Å². The van der Waals surface area contributed by atoms with Crippen molar-refractivity contribution >= 4 is 16.8 Å². The molecule has 0 saturated heterocycles. The Bertz CT molecular complexity index is 654. The summed E-state index contributed by atoms with van der Waals surface area (Å²) in [4.78, 5) is 17.2. The number of carbonyl (C=O) groups is 1. The van der Waals surface area contributed by atoms with E-state index in [1.807, 2.05) is 44.2 Å². The zero-order chi connectivity index (χ0) is 15.5. The Balaban J connectivity index is 2.39. The summed E-state index contributed by atoms with van der Waals surface area (Å²) in [5.41, 5.74) is 7.75. The summed E-state index contributed by atoms with van der Waals surface area (Å²) in [5, 5.41) is 4.01. The van der Waals surface area contributed by atoms with Crippen LogP contribution < -0.4 is 11.1 Å². The number of para-hydroxylation sites is 1. The van der Waals surface area contributed by atoms with Crippen LogP contribution in [0.2, 0.25) is 0 Å². The summed E-state index contributed by atoms with van der Waals surface area (Å²) in [5.74, 6) is -0.0606. The van der Waals surface area contributed by atoms with Gasteiger partial charge < -0.3 is 11.1 Å². The average molecular weight is 285 g/mol. The molecule has 1 heterocycles. The third kappa shape index (κ3) is 3.39. The highest BCUT2D eigenvalue weighted by molar-refractivity contribution is 6.06. The van der Waals surface area contributed by atoms with Gasteiger partial charge >= 0.3 is 0 Å². The van der Waals surface area contributed by atoms with Crippen LogP contribution in [-0.4, -0.2) is 23.0 Å². The van der Waals surface area contributed by atoms with E-state index in [1.165, 1.54) is 0 Å². The van der Waals surface area contributed by atoms with Crippen LogP contribution in [0.4, 0.5) is 0 Å². The molecule has 1 unspecified atom stereocenters. The molecule has 0 saturated carbocycles. The number of rotatable bonds is 5. The SMILES string of the molecule is CCC(C)(CCN)NC(=O)c1cc(C)nc2ccccc12. The molecule has 4 nitrogen and oxygen atoms in total. The fourth-order valence-corrected chi connectivity index (χ4v) is 2.48. The number of amides is 1. The monoisotopic (exact) mass is 285 g/mol. The van der Waals surface area contributed by atoms with Crippen LogP contribution in [0.5, 0.6) is 0 Å². The maximum Gasteiger partial charge on any atom is 0.252 e. The first-order valence-electron chi connectivity index (χ1n) is 7.38. The Morgan fingerprint density at radius 1 is 1.38 bits per heavy atom. The first kappa shape index (κ1) is 15.4. The third-order valence-corrected chi connectivity index (χ3v) is 3.98. The van der Waals surface area contributed by atoms with Crippen LogP contribution in [0.15, 0.2) is 30.3 Å². The topological polar surface area (TPSA) is 68.0 Å². The van der Waals surface area contributed by atoms with Crippen molar-refractivity contribution < 1.29 is 4.79 Å². The van der Waals surface area contributed by atoms with Gasteiger partial charge in [0.2, 0.25) is 0 Å². The molecule has 1 aromatic heterocycles. The Labute approximate surface area is 125 Å². The lowest BCUT2D eigenvalue weighted by atomic mass is 9.93. The minimum atomic E-state index is -0.274. The van der Waals surface area contributed by atoms with Crippen molar-refractivity contribution in [3.63, 3.8) is 0 Å². The minimum absolute atomic E-state index is 0.0606. The van der Waals surface area contributed by atoms with Crippen LogP contribution in [-0.2, 0) is 0 Å². The van der Waals surface area contributed by atoms with E-state index in [0.29, 0.717) is 12.1 Å². The average Bonchev–Trinajstić information content (AvgIpc) is 2.46. The number of fused-ring (bicyclic) bond motifs is 1. The van der Waals surface area contributed by atoms with E-state index in [9.17, 15) is 4.79 Å². The van der Waals surface area contributed by atoms with E-state index in [1.54, 1.807) is 0 Å². The van der Waals surface area contributed by atoms with Gasteiger partial charge in [0.25, 0.3) is 5.91 Å². The van der Waals surface area contributed by atoms with Gasteiger partial charge in [-0.15, -0.1) is 0 Å². The second-order valence-corrected chi connectivity index (χ2v) is 5.74. The molecule has 0 aliphatic carbocycles. The number of hydrogen-bond donors (Lipinski definition) is 2. The molecule has 3 N–H and O–H groups in total. The van der Waals surface area contributed by atoms with Crippen LogP contribution in [0.25, 0.3) is 10.9 Å². The van der Waals surface area contributed by atoms with Crippen molar-refractivity contribution in [3.8, 4) is 0 Å². The summed E-state index contributed by atoms with van der Waals surface area (Å²) < 4.78 is 0. The highest BCUT2D eigenvalue weighted by Crippen LogP contribution is 2.20. The fourth-order valence-electron chi connectivity index (χ4n) is 2.48. The zero-order valence-corrected chi connectivity index (χ0v) is 12.9. The molecule has 1 amide bonds. The van der Waals surface area contributed by atoms with Crippen LogP contribution >= 0.6 is 0 Å². The molecule has 0 spiro atoms. The van der Waals surface area contributed by atoms with E-state index >= 15 is 0 Å². The Hall–Kier alpha value is -1.94. The predicted octanol–water partition coefficient (Wildman–Crippen LogP) is 2.79. The van der Waals surface area contributed by atoms with E-state index < -0.39 is 0 Å². The largest absolute Gasteiger partial charge is 0.347 e. The van der Waals surface area contributed by atoms with Gasteiger partial charge in [-0.3, -0.25) is 9.78 Å². The molecule has 2 aromatic rings. The Kier molecular flexibility index (Phi) is 4.58. The highest BCUT2D eigenvalue weighted by atomic mass is 16.1. The van der Waals surface area contributed by atoms with E-state index in [4.69, 9.17) is 5.73 Å². The van der Waals surface area contributed by atoms with Crippen LogP contribution in [0.1, 0.15) is 42.7 Å². The standard InChI is InChI=1S/C17H23N3O/c1-4-17(3,9-10-18)20-16(21)14-11-12(2)19-15-8-6-5-7-13(14)15/h5-8,11H,4,9-10,18H2,1-3H3,(H,20,21). The predicted molar refractivity (Wildman–Crippen MR) is 86.3 cm³/mol. The second kappa shape index (κ2) is 6.22. The van der Waals surface area contributed by atoms with Gasteiger partial charge in [0.1, 0.15) is 0 Å². The molecule has 0 radical (unpaired) electrons. The first-order chi connectivity index (χ1) is 9.99. The highest BCUT2D eigenvalue weighted by Gasteiger charge is 2.24. The van der Waals surface area contributed by atoms with Crippen molar-refractivity contribution in [2.75, 3.05) is 6.54 Å². The number of hydrogen-bond acceptors (Lipinski definition) is 3. The van der Waals surface area contributed by atoms with Gasteiger partial charge in [0.15, 0.2) is 0 Å². The quantitative estimate of drug-likeness (QED) is 0.887. The Morgan fingerprint density at radius 2 is 2.10 bits per heavy atom. The van der Waals surface area contributed by atoms with Gasteiger partial charge in [-0.2, -0.15) is 0 Å². The maximum absolute atomic E-state index is 12.7. The number of aromatic nitrogens is 1. The molecule has 1 atom stereocenters. The van der Waals surface area contributed by atoms with Gasteiger partial charge in [0.05, 0.1) is 11.1 Å². The van der Waals surface area contributed by atoms with E-state index in [2.05, 4.69) is 17.2 Å². The molecule has 0 aliphatic rings. The molecule has 21 heavy (non-hydrogen) atoms. The van der Waals surface area contributed by atoms with E-state index in [-0.39, 0.29) is 11.4 Å². The van der Waals surface area contributed by atoms with Gasteiger partial charge in [-0.25, -0.2) is 0 Å². The first-order valence-corrected chi connectivity index (χ1v) is 7.38. The normalized spacial score (nSPS) is 13.9. The lowest BCUT2D eigenvalue weighted by Crippen LogP contribution is -2.46. The summed E-state index contributed by atoms with van der Waals surface area (Å²) in [6, 6.07) is 9.56. The molecule has 2 rings (SSSR count). The van der Waals surface area contributed by atoms with Gasteiger partial charge in [-0.05, 0) is 45.4 Å². The molecule has 112 valence electrons. The Morgan fingerprint density at radius 3 is 2.76 bits per heavy atom. The van der Waals surface area contributed by atoms with E-state index in [0.717, 1.165) is 29.4 Å². The number of aryl methyl sites for hydroxylation is 1. The lowest BCUT2D eigenvalue weighted by molar-refractivity contribution is 0.0901. The number of nitrogens with zero attached hydrogens (tertiary/aromatic N) is 1. The molecule has 1 aromatic carbocycles. The fraction of sp³-hybridized carbons (Fsp3) is 0.412. The summed E-state index contributed by atoms with van der Waals surface area (Å²) in [6.07, 6.45) is 1.61. The van der Waals surface area contributed by atoms with Crippen molar-refractivity contribution in [1.29, 1.82) is 0 Å². The van der Waals surface area contributed by atoms with Crippen LogP contribution in [0, 0.1) is 6.92 Å². The smallest absolute Gasteiger partial charge is 0.252 e.